The molecular weight excluding hydrogens is 358 g/mol. The Balaban J connectivity index is 1.63. The molecule has 0 bridgehead atoms. The van der Waals surface area contributed by atoms with Gasteiger partial charge in [-0.3, -0.25) is 4.79 Å². The fourth-order valence-electron chi connectivity index (χ4n) is 5.38. The molecule has 0 spiro atoms. The number of rotatable bonds is 12. The molecule has 0 N–H and O–H groups in total. The van der Waals surface area contributed by atoms with E-state index in [0.29, 0.717) is 0 Å². The number of hydrogen-bond donors (Lipinski definition) is 0. The van der Waals surface area contributed by atoms with Crippen molar-refractivity contribution in [2.24, 2.45) is 17.3 Å². The fourth-order valence-corrected chi connectivity index (χ4v) is 5.38. The minimum atomic E-state index is -0.159. The molecule has 0 aliphatic heterocycles. The van der Waals surface area contributed by atoms with Gasteiger partial charge in [0.2, 0.25) is 0 Å². The minimum Gasteiger partial charge on any atom is -0.462 e. The number of nitrogens with zero attached hydrogens (tertiary/aromatic N) is 1. The van der Waals surface area contributed by atoms with Gasteiger partial charge in [0.25, 0.3) is 0 Å². The van der Waals surface area contributed by atoms with Crippen LogP contribution in [0.5, 0.6) is 0 Å². The van der Waals surface area contributed by atoms with E-state index in [1.807, 2.05) is 0 Å². The van der Waals surface area contributed by atoms with Gasteiger partial charge < -0.3 is 4.74 Å². The zero-order valence-corrected chi connectivity index (χ0v) is 19.2. The van der Waals surface area contributed by atoms with E-state index >= 15 is 0 Å². The van der Waals surface area contributed by atoms with E-state index in [1.54, 1.807) is 0 Å². The molecule has 2 aliphatic carbocycles. The first-order valence-electron chi connectivity index (χ1n) is 12.7. The van der Waals surface area contributed by atoms with Gasteiger partial charge in [-0.15, -0.1) is 0 Å². The SMILES string of the molecule is CCCCCCCC1CCC(C(=O)OC2CCC(C#N)(CCCCC)CC2)CC1. The monoisotopic (exact) mass is 403 g/mol. The maximum absolute atomic E-state index is 12.7. The molecule has 0 aromatic carbocycles. The van der Waals surface area contributed by atoms with E-state index in [9.17, 15) is 10.1 Å². The fraction of sp³-hybridized carbons (Fsp3) is 0.923. The van der Waals surface area contributed by atoms with Crippen LogP contribution >= 0.6 is 0 Å². The lowest BCUT2D eigenvalue weighted by Crippen LogP contribution is -2.33. The highest BCUT2D eigenvalue weighted by Crippen LogP contribution is 2.41. The molecule has 2 rings (SSSR count). The molecule has 0 heterocycles. The van der Waals surface area contributed by atoms with E-state index < -0.39 is 0 Å². The highest BCUT2D eigenvalue weighted by Gasteiger charge is 2.37. The smallest absolute Gasteiger partial charge is 0.309 e. The average molecular weight is 404 g/mol. The molecular formula is C26H45NO2. The van der Waals surface area contributed by atoms with Crippen LogP contribution < -0.4 is 0 Å². The Kier molecular flexibility index (Phi) is 11.1. The van der Waals surface area contributed by atoms with Gasteiger partial charge in [-0.2, -0.15) is 5.26 Å². The van der Waals surface area contributed by atoms with Crippen molar-refractivity contribution in [3.8, 4) is 6.07 Å². The van der Waals surface area contributed by atoms with Crippen molar-refractivity contribution in [3.63, 3.8) is 0 Å². The minimum absolute atomic E-state index is 0.0476. The molecule has 0 aromatic rings. The second-order valence-corrected chi connectivity index (χ2v) is 9.91. The third-order valence-corrected chi connectivity index (χ3v) is 7.56. The Morgan fingerprint density at radius 2 is 1.52 bits per heavy atom. The largest absolute Gasteiger partial charge is 0.462 e. The summed E-state index contributed by atoms with van der Waals surface area (Å²) >= 11 is 0. The quantitative estimate of drug-likeness (QED) is 0.247. The molecule has 166 valence electrons. The molecule has 2 fully saturated rings. The number of unbranched alkanes of at least 4 members (excludes halogenated alkanes) is 6. The lowest BCUT2D eigenvalue weighted by atomic mass is 9.71. The van der Waals surface area contributed by atoms with Crippen molar-refractivity contribution in [2.75, 3.05) is 0 Å². The first kappa shape index (κ1) is 24.2. The summed E-state index contributed by atoms with van der Waals surface area (Å²) < 4.78 is 5.91. The molecule has 0 saturated heterocycles. The van der Waals surface area contributed by atoms with Crippen molar-refractivity contribution < 1.29 is 9.53 Å². The van der Waals surface area contributed by atoms with Gasteiger partial charge in [-0.1, -0.05) is 71.6 Å². The highest BCUT2D eigenvalue weighted by atomic mass is 16.5. The summed E-state index contributed by atoms with van der Waals surface area (Å²) in [6.07, 6.45) is 20.7. The Labute approximate surface area is 180 Å². The summed E-state index contributed by atoms with van der Waals surface area (Å²) in [6.45, 7) is 4.47. The van der Waals surface area contributed by atoms with Crippen LogP contribution in [0.1, 0.15) is 129 Å². The summed E-state index contributed by atoms with van der Waals surface area (Å²) in [5, 5.41) is 9.68. The molecule has 3 nitrogen and oxygen atoms in total. The van der Waals surface area contributed by atoms with Crippen LogP contribution in [0.2, 0.25) is 0 Å². The lowest BCUT2D eigenvalue weighted by Gasteiger charge is -2.35. The van der Waals surface area contributed by atoms with Crippen LogP contribution in [0.3, 0.4) is 0 Å². The van der Waals surface area contributed by atoms with Gasteiger partial charge in [-0.05, 0) is 63.7 Å². The number of hydrogen-bond acceptors (Lipinski definition) is 3. The summed E-state index contributed by atoms with van der Waals surface area (Å²) in [6, 6.07) is 2.61. The van der Waals surface area contributed by atoms with E-state index in [2.05, 4.69) is 19.9 Å². The van der Waals surface area contributed by atoms with E-state index in [-0.39, 0.29) is 23.4 Å². The van der Waals surface area contributed by atoms with Crippen molar-refractivity contribution in [1.29, 1.82) is 5.26 Å². The second kappa shape index (κ2) is 13.3. The van der Waals surface area contributed by atoms with Gasteiger partial charge >= 0.3 is 5.97 Å². The van der Waals surface area contributed by atoms with Gasteiger partial charge in [0.15, 0.2) is 0 Å². The molecule has 0 atom stereocenters. The van der Waals surface area contributed by atoms with E-state index in [0.717, 1.165) is 57.3 Å². The summed E-state index contributed by atoms with van der Waals surface area (Å²) in [4.78, 5) is 12.7. The number of esters is 1. The van der Waals surface area contributed by atoms with Crippen LogP contribution in [-0.4, -0.2) is 12.1 Å². The molecule has 2 aliphatic rings. The van der Waals surface area contributed by atoms with E-state index in [1.165, 1.54) is 64.2 Å². The molecule has 3 heteroatoms. The Morgan fingerprint density at radius 3 is 2.14 bits per heavy atom. The molecule has 0 unspecified atom stereocenters. The maximum atomic E-state index is 12.7. The maximum Gasteiger partial charge on any atom is 0.309 e. The normalized spacial score (nSPS) is 29.9. The number of ether oxygens (including phenoxy) is 1. The predicted molar refractivity (Wildman–Crippen MR) is 119 cm³/mol. The summed E-state index contributed by atoms with van der Waals surface area (Å²) in [5.41, 5.74) is -0.159. The number of carbonyl (C=O) groups is 1. The van der Waals surface area contributed by atoms with E-state index in [4.69, 9.17) is 4.74 Å². The molecule has 29 heavy (non-hydrogen) atoms. The van der Waals surface area contributed by atoms with Crippen LogP contribution in [0, 0.1) is 28.6 Å². The van der Waals surface area contributed by atoms with Crippen LogP contribution in [0.15, 0.2) is 0 Å². The van der Waals surface area contributed by atoms with Gasteiger partial charge in [0.1, 0.15) is 6.10 Å². The van der Waals surface area contributed by atoms with Gasteiger partial charge in [0.05, 0.1) is 17.4 Å². The first-order valence-corrected chi connectivity index (χ1v) is 12.7. The molecule has 2 saturated carbocycles. The average Bonchev–Trinajstić information content (AvgIpc) is 2.75. The van der Waals surface area contributed by atoms with Gasteiger partial charge in [-0.25, -0.2) is 0 Å². The highest BCUT2D eigenvalue weighted by molar-refractivity contribution is 5.72. The zero-order valence-electron chi connectivity index (χ0n) is 19.2. The Morgan fingerprint density at radius 1 is 0.897 bits per heavy atom. The second-order valence-electron chi connectivity index (χ2n) is 9.91. The first-order chi connectivity index (χ1) is 14.1. The standard InChI is InChI=1S/C26H45NO2/c1-3-5-7-8-9-11-22-12-14-23(15-13-22)25(28)29-24-16-19-26(21-27,20-17-24)18-10-6-4-2/h22-24H,3-20H2,1-2H3. The summed E-state index contributed by atoms with van der Waals surface area (Å²) in [5.74, 6) is 1.00. The van der Waals surface area contributed by atoms with Crippen molar-refractivity contribution in [2.45, 2.75) is 136 Å². The Hall–Kier alpha value is -1.04. The van der Waals surface area contributed by atoms with Crippen molar-refractivity contribution in [3.05, 3.63) is 0 Å². The van der Waals surface area contributed by atoms with Crippen molar-refractivity contribution in [1.82, 2.24) is 0 Å². The molecule has 0 radical (unpaired) electrons. The number of carbonyl (C=O) groups excluding carboxylic acids is 1. The third-order valence-electron chi connectivity index (χ3n) is 7.56. The van der Waals surface area contributed by atoms with Crippen molar-refractivity contribution >= 4 is 5.97 Å². The Bertz CT molecular complexity index is 493. The van der Waals surface area contributed by atoms with Gasteiger partial charge in [0, 0.05) is 0 Å². The van der Waals surface area contributed by atoms with Crippen LogP contribution in [-0.2, 0) is 9.53 Å². The van der Waals surface area contributed by atoms with Crippen LogP contribution in [0.25, 0.3) is 0 Å². The van der Waals surface area contributed by atoms with Crippen LogP contribution in [0.4, 0.5) is 0 Å². The zero-order chi connectivity index (χ0) is 21.0. The predicted octanol–water partition coefficient (Wildman–Crippen LogP) is 7.73. The topological polar surface area (TPSA) is 50.1 Å². The summed E-state index contributed by atoms with van der Waals surface area (Å²) in [7, 11) is 0. The molecule has 0 aromatic heterocycles. The molecule has 0 amide bonds. The lowest BCUT2D eigenvalue weighted by molar-refractivity contribution is -0.158. The number of nitriles is 1. The third kappa shape index (κ3) is 8.31.